The topological polar surface area (TPSA) is 87.7 Å². The molecule has 0 heterocycles. The van der Waals surface area contributed by atoms with E-state index in [1.807, 2.05) is 13.8 Å². The summed E-state index contributed by atoms with van der Waals surface area (Å²) in [6.07, 6.45) is 3.67. The first-order valence-electron chi connectivity index (χ1n) is 6.23. The summed E-state index contributed by atoms with van der Waals surface area (Å²) in [7, 11) is 0. The molecule has 5 heteroatoms. The fraction of sp³-hybridized carbons (Fsp3) is 0.833. The van der Waals surface area contributed by atoms with Crippen molar-refractivity contribution in [3.63, 3.8) is 0 Å². The van der Waals surface area contributed by atoms with Crippen molar-refractivity contribution in [2.45, 2.75) is 33.1 Å². The van der Waals surface area contributed by atoms with E-state index in [1.54, 1.807) is 0 Å². The number of rotatable bonds is 4. The van der Waals surface area contributed by atoms with Crippen molar-refractivity contribution in [3.8, 4) is 0 Å². The summed E-state index contributed by atoms with van der Waals surface area (Å²) in [5.74, 6) is 1.77. The smallest absolute Gasteiger partial charge is 0.223 e. The van der Waals surface area contributed by atoms with Crippen LogP contribution in [0.3, 0.4) is 0 Å². The lowest BCUT2D eigenvalue weighted by Gasteiger charge is -2.23. The van der Waals surface area contributed by atoms with Gasteiger partial charge >= 0.3 is 0 Å². The van der Waals surface area contributed by atoms with Crippen LogP contribution in [-0.4, -0.2) is 23.5 Å². The summed E-state index contributed by atoms with van der Waals surface area (Å²) in [6.45, 7) is 4.10. The Labute approximate surface area is 101 Å². The van der Waals surface area contributed by atoms with Gasteiger partial charge in [0.1, 0.15) is 5.84 Å². The van der Waals surface area contributed by atoms with E-state index in [0.29, 0.717) is 18.4 Å². The molecule has 0 saturated heterocycles. The van der Waals surface area contributed by atoms with E-state index in [1.165, 1.54) is 19.3 Å². The lowest BCUT2D eigenvalue weighted by Crippen LogP contribution is -2.43. The predicted molar refractivity (Wildman–Crippen MR) is 64.5 cm³/mol. The molecule has 0 aromatic rings. The molecular weight excluding hydrogens is 218 g/mol. The molecular formula is C12H21N3O2. The van der Waals surface area contributed by atoms with Crippen LogP contribution in [0, 0.1) is 23.2 Å². The molecule has 17 heavy (non-hydrogen) atoms. The zero-order chi connectivity index (χ0) is 12.6. The van der Waals surface area contributed by atoms with Gasteiger partial charge in [-0.1, -0.05) is 25.4 Å². The number of carbonyl (C=O) groups is 1. The number of hydrogen-bond acceptors (Lipinski definition) is 3. The Bertz CT molecular complexity index is 342. The molecule has 0 spiro atoms. The third-order valence-electron chi connectivity index (χ3n) is 4.21. The summed E-state index contributed by atoms with van der Waals surface area (Å²) in [6, 6.07) is 0. The second kappa shape index (κ2) is 4.20. The van der Waals surface area contributed by atoms with Crippen molar-refractivity contribution in [3.05, 3.63) is 0 Å². The highest BCUT2D eigenvalue weighted by molar-refractivity contribution is 5.87. The summed E-state index contributed by atoms with van der Waals surface area (Å²) in [5.41, 5.74) is 5.06. The highest BCUT2D eigenvalue weighted by atomic mass is 16.4. The van der Waals surface area contributed by atoms with E-state index < -0.39 is 5.41 Å². The van der Waals surface area contributed by atoms with E-state index in [4.69, 9.17) is 10.9 Å². The average Bonchev–Trinajstić information content (AvgIpc) is 2.78. The second-order valence-electron chi connectivity index (χ2n) is 5.87. The van der Waals surface area contributed by atoms with Crippen molar-refractivity contribution in [2.75, 3.05) is 6.54 Å². The summed E-state index contributed by atoms with van der Waals surface area (Å²) < 4.78 is 0. The zero-order valence-electron chi connectivity index (χ0n) is 10.4. The van der Waals surface area contributed by atoms with Gasteiger partial charge in [-0.15, -0.1) is 0 Å². The Balaban J connectivity index is 1.81. The maximum Gasteiger partial charge on any atom is 0.223 e. The normalized spacial score (nSPS) is 32.1. The minimum Gasteiger partial charge on any atom is -0.409 e. The van der Waals surface area contributed by atoms with Crippen molar-refractivity contribution in [1.29, 1.82) is 0 Å². The maximum atomic E-state index is 11.9. The number of carbonyl (C=O) groups excluding carboxylic acids is 1. The van der Waals surface area contributed by atoms with Gasteiger partial charge < -0.3 is 16.3 Å². The molecule has 2 fully saturated rings. The van der Waals surface area contributed by atoms with Crippen LogP contribution in [0.15, 0.2) is 5.16 Å². The van der Waals surface area contributed by atoms with Crippen LogP contribution in [0.4, 0.5) is 0 Å². The number of hydrogen-bond donors (Lipinski definition) is 3. The Morgan fingerprint density at radius 3 is 2.59 bits per heavy atom. The first-order valence-corrected chi connectivity index (χ1v) is 6.23. The van der Waals surface area contributed by atoms with Crippen molar-refractivity contribution >= 4 is 11.7 Å². The lowest BCUT2D eigenvalue weighted by atomic mass is 9.92. The third kappa shape index (κ3) is 2.23. The van der Waals surface area contributed by atoms with Crippen LogP contribution in [0.5, 0.6) is 0 Å². The molecule has 0 aliphatic heterocycles. The van der Waals surface area contributed by atoms with Crippen LogP contribution < -0.4 is 11.1 Å². The van der Waals surface area contributed by atoms with Crippen LogP contribution in [0.1, 0.15) is 33.1 Å². The molecule has 0 aromatic heterocycles. The predicted octanol–water partition coefficient (Wildman–Crippen LogP) is 0.921. The first kappa shape index (κ1) is 12.2. The zero-order valence-corrected chi connectivity index (χ0v) is 10.4. The van der Waals surface area contributed by atoms with E-state index in [-0.39, 0.29) is 17.7 Å². The van der Waals surface area contributed by atoms with Gasteiger partial charge in [0.2, 0.25) is 5.91 Å². The number of nitrogens with zero attached hydrogens (tertiary/aromatic N) is 1. The Morgan fingerprint density at radius 1 is 1.47 bits per heavy atom. The monoisotopic (exact) mass is 239 g/mol. The molecule has 5 nitrogen and oxygen atoms in total. The molecule has 2 rings (SSSR count). The average molecular weight is 239 g/mol. The lowest BCUT2D eigenvalue weighted by molar-refractivity contribution is -0.123. The van der Waals surface area contributed by atoms with E-state index in [9.17, 15) is 4.79 Å². The first-order chi connectivity index (χ1) is 7.97. The van der Waals surface area contributed by atoms with E-state index in [0.717, 1.165) is 0 Å². The number of oxime groups is 1. The Hall–Kier alpha value is -1.26. The van der Waals surface area contributed by atoms with Gasteiger partial charge in [0.05, 0.1) is 0 Å². The minimum atomic E-state index is -0.506. The van der Waals surface area contributed by atoms with Gasteiger partial charge in [-0.25, -0.2) is 0 Å². The Kier molecular flexibility index (Phi) is 3.02. The molecule has 2 saturated carbocycles. The second-order valence-corrected chi connectivity index (χ2v) is 5.87. The van der Waals surface area contributed by atoms with Crippen LogP contribution in [-0.2, 0) is 4.79 Å². The van der Waals surface area contributed by atoms with Gasteiger partial charge in [0.25, 0.3) is 0 Å². The number of amides is 1. The van der Waals surface area contributed by atoms with Gasteiger partial charge in [-0.2, -0.15) is 0 Å². The van der Waals surface area contributed by atoms with Crippen molar-refractivity contribution in [2.24, 2.45) is 34.1 Å². The standard InChI is InChI=1S/C12H21N3O2/c1-12(2,11(13)15-17)6-14-10(16)9-7-4-3-5-8(7)9/h7-9,17H,3-6H2,1-2H3,(H2,13,15)(H,14,16). The molecule has 4 N–H and O–H groups in total. The molecule has 2 aliphatic rings. The third-order valence-corrected chi connectivity index (χ3v) is 4.21. The highest BCUT2D eigenvalue weighted by Gasteiger charge is 2.56. The number of amidine groups is 1. The minimum absolute atomic E-state index is 0.138. The summed E-state index contributed by atoms with van der Waals surface area (Å²) >= 11 is 0. The van der Waals surface area contributed by atoms with Crippen LogP contribution >= 0.6 is 0 Å². The molecule has 0 radical (unpaired) electrons. The molecule has 96 valence electrons. The number of fused-ring (bicyclic) bond motifs is 1. The maximum absolute atomic E-state index is 11.9. The van der Waals surface area contributed by atoms with E-state index in [2.05, 4.69) is 10.5 Å². The fourth-order valence-electron chi connectivity index (χ4n) is 2.86. The molecule has 0 aromatic carbocycles. The molecule has 2 aliphatic carbocycles. The van der Waals surface area contributed by atoms with Gasteiger partial charge in [0, 0.05) is 17.9 Å². The van der Waals surface area contributed by atoms with Gasteiger partial charge in [-0.3, -0.25) is 4.79 Å². The Morgan fingerprint density at radius 2 is 2.06 bits per heavy atom. The van der Waals surface area contributed by atoms with Crippen LogP contribution in [0.25, 0.3) is 0 Å². The van der Waals surface area contributed by atoms with Gasteiger partial charge in [0.15, 0.2) is 0 Å². The van der Waals surface area contributed by atoms with Crippen molar-refractivity contribution in [1.82, 2.24) is 5.32 Å². The van der Waals surface area contributed by atoms with Gasteiger partial charge in [-0.05, 0) is 24.7 Å². The fourth-order valence-corrected chi connectivity index (χ4v) is 2.86. The number of nitrogens with one attached hydrogen (secondary N) is 1. The van der Waals surface area contributed by atoms with Crippen LogP contribution in [0.2, 0.25) is 0 Å². The molecule has 1 amide bonds. The summed E-state index contributed by atoms with van der Waals surface area (Å²) in [5, 5.41) is 14.6. The molecule has 2 unspecified atom stereocenters. The summed E-state index contributed by atoms with van der Waals surface area (Å²) in [4.78, 5) is 11.9. The SMILES string of the molecule is CC(C)(CNC(=O)C1C2CCCC21)C(N)=NO. The van der Waals surface area contributed by atoms with E-state index >= 15 is 0 Å². The largest absolute Gasteiger partial charge is 0.409 e. The molecule has 0 bridgehead atoms. The highest BCUT2D eigenvalue weighted by Crippen LogP contribution is 2.57. The quantitative estimate of drug-likeness (QED) is 0.295. The number of nitrogens with two attached hydrogens (primary N) is 1. The van der Waals surface area contributed by atoms with Crippen molar-refractivity contribution < 1.29 is 10.0 Å². The molecule has 2 atom stereocenters.